The zero-order valence-electron chi connectivity index (χ0n) is 14.8. The second kappa shape index (κ2) is 7.88. The van der Waals surface area contributed by atoms with Gasteiger partial charge in [-0.2, -0.15) is 0 Å². The van der Waals surface area contributed by atoms with Crippen LogP contribution in [0.15, 0.2) is 71.5 Å². The minimum absolute atomic E-state index is 0.0853. The highest BCUT2D eigenvalue weighted by Crippen LogP contribution is 2.27. The van der Waals surface area contributed by atoms with Gasteiger partial charge in [-0.1, -0.05) is 48.5 Å². The standard InChI is InChI=1S/C21H19BrN4O/c22-20-19(16-7-3-1-4-8-16)24-18(15-23-20)25-11-13-26(14-12-25)21(27)17-9-5-2-6-10-17/h1-10,15H,11-14H2. The van der Waals surface area contributed by atoms with Crippen LogP contribution in [-0.4, -0.2) is 47.0 Å². The van der Waals surface area contributed by atoms with Gasteiger partial charge < -0.3 is 9.80 Å². The predicted molar refractivity (Wildman–Crippen MR) is 110 cm³/mol. The quantitative estimate of drug-likeness (QED) is 0.642. The van der Waals surface area contributed by atoms with Crippen LogP contribution >= 0.6 is 15.9 Å². The molecule has 0 saturated carbocycles. The SMILES string of the molecule is O=C(c1ccccc1)N1CCN(c2cnc(Br)c(-c3ccccc3)n2)CC1. The summed E-state index contributed by atoms with van der Waals surface area (Å²) in [5.41, 5.74) is 2.59. The molecule has 136 valence electrons. The van der Waals surface area contributed by atoms with E-state index >= 15 is 0 Å². The number of hydrogen-bond acceptors (Lipinski definition) is 4. The Kier molecular flexibility index (Phi) is 5.16. The first-order valence-electron chi connectivity index (χ1n) is 8.89. The van der Waals surface area contributed by atoms with Crippen molar-refractivity contribution in [3.05, 3.63) is 77.0 Å². The average molecular weight is 423 g/mol. The van der Waals surface area contributed by atoms with Crippen molar-refractivity contribution in [2.75, 3.05) is 31.1 Å². The van der Waals surface area contributed by atoms with Gasteiger partial charge in [-0.25, -0.2) is 9.97 Å². The maximum absolute atomic E-state index is 12.6. The van der Waals surface area contributed by atoms with Crippen LogP contribution < -0.4 is 4.90 Å². The lowest BCUT2D eigenvalue weighted by molar-refractivity contribution is 0.0746. The Morgan fingerprint density at radius 1 is 0.889 bits per heavy atom. The van der Waals surface area contributed by atoms with Crippen LogP contribution in [-0.2, 0) is 0 Å². The molecule has 0 N–H and O–H groups in total. The van der Waals surface area contributed by atoms with Gasteiger partial charge in [-0.05, 0) is 28.1 Å². The molecule has 27 heavy (non-hydrogen) atoms. The number of carbonyl (C=O) groups excluding carboxylic acids is 1. The van der Waals surface area contributed by atoms with E-state index in [2.05, 4.69) is 25.8 Å². The summed E-state index contributed by atoms with van der Waals surface area (Å²) < 4.78 is 0.732. The minimum atomic E-state index is 0.0853. The summed E-state index contributed by atoms with van der Waals surface area (Å²) in [4.78, 5) is 26.0. The fraction of sp³-hybridized carbons (Fsp3) is 0.190. The molecule has 2 aromatic carbocycles. The molecule has 5 nitrogen and oxygen atoms in total. The zero-order chi connectivity index (χ0) is 18.6. The maximum atomic E-state index is 12.6. The molecule has 1 amide bonds. The van der Waals surface area contributed by atoms with Gasteiger partial charge in [0.2, 0.25) is 0 Å². The minimum Gasteiger partial charge on any atom is -0.352 e. The summed E-state index contributed by atoms with van der Waals surface area (Å²) >= 11 is 3.50. The van der Waals surface area contributed by atoms with E-state index in [-0.39, 0.29) is 5.91 Å². The molecule has 0 aliphatic carbocycles. The molecule has 0 spiro atoms. The Morgan fingerprint density at radius 3 is 2.19 bits per heavy atom. The number of aromatic nitrogens is 2. The third kappa shape index (κ3) is 3.85. The molecule has 1 fully saturated rings. The number of anilines is 1. The van der Waals surface area contributed by atoms with E-state index in [9.17, 15) is 4.79 Å². The first-order chi connectivity index (χ1) is 13.2. The molecule has 2 heterocycles. The fourth-order valence-electron chi connectivity index (χ4n) is 3.20. The smallest absolute Gasteiger partial charge is 0.253 e. The van der Waals surface area contributed by atoms with Gasteiger partial charge in [0, 0.05) is 37.3 Å². The highest BCUT2D eigenvalue weighted by atomic mass is 79.9. The Bertz CT molecular complexity index is 925. The Morgan fingerprint density at radius 2 is 1.52 bits per heavy atom. The first kappa shape index (κ1) is 17.7. The van der Waals surface area contributed by atoms with Crippen LogP contribution in [0, 0.1) is 0 Å². The molecule has 3 aromatic rings. The van der Waals surface area contributed by atoms with E-state index in [0.29, 0.717) is 13.1 Å². The van der Waals surface area contributed by atoms with E-state index in [1.807, 2.05) is 65.6 Å². The second-order valence-corrected chi connectivity index (χ2v) is 7.13. The molecule has 1 aliphatic heterocycles. The van der Waals surface area contributed by atoms with Crippen molar-refractivity contribution in [3.8, 4) is 11.3 Å². The highest BCUT2D eigenvalue weighted by molar-refractivity contribution is 9.10. The van der Waals surface area contributed by atoms with Crippen LogP contribution in [0.25, 0.3) is 11.3 Å². The van der Waals surface area contributed by atoms with Crippen molar-refractivity contribution in [2.45, 2.75) is 0 Å². The van der Waals surface area contributed by atoms with Crippen molar-refractivity contribution < 1.29 is 4.79 Å². The molecule has 1 aliphatic rings. The summed E-state index contributed by atoms with van der Waals surface area (Å²) in [5, 5.41) is 0. The third-order valence-corrected chi connectivity index (χ3v) is 5.25. The normalized spacial score (nSPS) is 14.3. The molecular formula is C21H19BrN4O. The number of rotatable bonds is 3. The van der Waals surface area contributed by atoms with Gasteiger partial charge in [0.25, 0.3) is 5.91 Å². The fourth-order valence-corrected chi connectivity index (χ4v) is 3.62. The van der Waals surface area contributed by atoms with Gasteiger partial charge in [0.05, 0.1) is 6.20 Å². The molecular weight excluding hydrogens is 404 g/mol. The van der Waals surface area contributed by atoms with Gasteiger partial charge in [-0.3, -0.25) is 4.79 Å². The summed E-state index contributed by atoms with van der Waals surface area (Å²) in [6, 6.07) is 19.4. The highest BCUT2D eigenvalue weighted by Gasteiger charge is 2.23. The van der Waals surface area contributed by atoms with E-state index in [1.54, 1.807) is 6.20 Å². The molecule has 0 radical (unpaired) electrons. The number of carbonyl (C=O) groups is 1. The van der Waals surface area contributed by atoms with Gasteiger partial charge >= 0.3 is 0 Å². The third-order valence-electron chi connectivity index (χ3n) is 4.67. The Labute approximate surface area is 166 Å². The van der Waals surface area contributed by atoms with Crippen molar-refractivity contribution in [2.24, 2.45) is 0 Å². The predicted octanol–water partition coefficient (Wildman–Crippen LogP) is 3.87. The van der Waals surface area contributed by atoms with Crippen molar-refractivity contribution in [1.82, 2.24) is 14.9 Å². The Hall–Kier alpha value is -2.73. The number of piperazine rings is 1. The summed E-state index contributed by atoms with van der Waals surface area (Å²) in [7, 11) is 0. The van der Waals surface area contributed by atoms with E-state index in [0.717, 1.165) is 40.3 Å². The van der Waals surface area contributed by atoms with Gasteiger partial charge in [-0.15, -0.1) is 0 Å². The number of nitrogens with zero attached hydrogens (tertiary/aromatic N) is 4. The van der Waals surface area contributed by atoms with Gasteiger partial charge in [0.1, 0.15) is 16.1 Å². The first-order valence-corrected chi connectivity index (χ1v) is 9.69. The Balaban J connectivity index is 1.48. The molecule has 1 aromatic heterocycles. The van der Waals surface area contributed by atoms with E-state index in [4.69, 9.17) is 4.98 Å². The van der Waals surface area contributed by atoms with Gasteiger partial charge in [0.15, 0.2) is 0 Å². The van der Waals surface area contributed by atoms with Crippen LogP contribution in [0.4, 0.5) is 5.82 Å². The monoisotopic (exact) mass is 422 g/mol. The largest absolute Gasteiger partial charge is 0.352 e. The van der Waals surface area contributed by atoms with Crippen molar-refractivity contribution in [1.29, 1.82) is 0 Å². The van der Waals surface area contributed by atoms with Crippen LogP contribution in [0.5, 0.6) is 0 Å². The molecule has 1 saturated heterocycles. The summed E-state index contributed by atoms with van der Waals surface area (Å²) in [6.45, 7) is 2.82. The topological polar surface area (TPSA) is 49.3 Å². The lowest BCUT2D eigenvalue weighted by atomic mass is 10.1. The average Bonchev–Trinajstić information content (AvgIpc) is 2.75. The maximum Gasteiger partial charge on any atom is 0.253 e. The zero-order valence-corrected chi connectivity index (χ0v) is 16.3. The summed E-state index contributed by atoms with van der Waals surface area (Å²) in [6.07, 6.45) is 1.78. The number of benzene rings is 2. The molecule has 0 bridgehead atoms. The van der Waals surface area contributed by atoms with Crippen LogP contribution in [0.3, 0.4) is 0 Å². The number of halogens is 1. The van der Waals surface area contributed by atoms with Crippen LogP contribution in [0.2, 0.25) is 0 Å². The molecule has 4 rings (SSSR count). The summed E-state index contributed by atoms with van der Waals surface area (Å²) in [5.74, 6) is 0.922. The number of hydrogen-bond donors (Lipinski definition) is 0. The van der Waals surface area contributed by atoms with E-state index < -0.39 is 0 Å². The number of amides is 1. The van der Waals surface area contributed by atoms with E-state index in [1.165, 1.54) is 0 Å². The van der Waals surface area contributed by atoms with Crippen molar-refractivity contribution in [3.63, 3.8) is 0 Å². The molecule has 0 atom stereocenters. The lowest BCUT2D eigenvalue weighted by Gasteiger charge is -2.35. The molecule has 6 heteroatoms. The molecule has 0 unspecified atom stereocenters. The van der Waals surface area contributed by atoms with Crippen molar-refractivity contribution >= 4 is 27.7 Å². The second-order valence-electron chi connectivity index (χ2n) is 6.38. The lowest BCUT2D eigenvalue weighted by Crippen LogP contribution is -2.49. The van der Waals surface area contributed by atoms with Crippen LogP contribution in [0.1, 0.15) is 10.4 Å².